The number of H-pyrrole nitrogens is 1. The van der Waals surface area contributed by atoms with Gasteiger partial charge in [0.2, 0.25) is 0 Å². The smallest absolute Gasteiger partial charge is 0.138 e. The van der Waals surface area contributed by atoms with Gasteiger partial charge in [-0.05, 0) is 31.2 Å². The lowest BCUT2D eigenvalue weighted by molar-refractivity contribution is 0.340. The number of benzene rings is 2. The molecule has 3 N–H and O–H groups in total. The van der Waals surface area contributed by atoms with Gasteiger partial charge in [-0.25, -0.2) is 4.98 Å². The van der Waals surface area contributed by atoms with Crippen LogP contribution in [0.3, 0.4) is 0 Å². The van der Waals surface area contributed by atoms with Crippen LogP contribution in [0, 0.1) is 0 Å². The van der Waals surface area contributed by atoms with Gasteiger partial charge in [-0.15, -0.1) is 0 Å². The Kier molecular flexibility index (Phi) is 2.83. The molecule has 0 saturated carbocycles. The lowest BCUT2D eigenvalue weighted by atomic mass is 10.2. The van der Waals surface area contributed by atoms with Crippen LogP contribution in [-0.2, 0) is 0 Å². The van der Waals surface area contributed by atoms with Crippen LogP contribution in [0.2, 0.25) is 0 Å². The first-order valence-corrected chi connectivity index (χ1v) is 6.25. The number of nitrogens with one attached hydrogen (secondary N) is 1. The SMILES string of the molecule is CCOc1ccc2nc(-c3cccc(N)c3)[nH]c2c1. The Balaban J connectivity index is 2.06. The Morgan fingerprint density at radius 2 is 2.11 bits per heavy atom. The summed E-state index contributed by atoms with van der Waals surface area (Å²) in [6.07, 6.45) is 0. The molecule has 4 nitrogen and oxygen atoms in total. The average Bonchev–Trinajstić information content (AvgIpc) is 2.82. The fraction of sp³-hybridized carbons (Fsp3) is 0.133. The molecular formula is C15H15N3O. The van der Waals surface area contributed by atoms with Crippen molar-refractivity contribution < 1.29 is 4.74 Å². The van der Waals surface area contributed by atoms with E-state index in [9.17, 15) is 0 Å². The Hall–Kier alpha value is -2.49. The first kappa shape index (κ1) is 11.6. The lowest BCUT2D eigenvalue weighted by Gasteiger charge is -2.00. The van der Waals surface area contributed by atoms with Gasteiger partial charge in [0, 0.05) is 17.3 Å². The summed E-state index contributed by atoms with van der Waals surface area (Å²) in [7, 11) is 0. The summed E-state index contributed by atoms with van der Waals surface area (Å²) in [4.78, 5) is 7.85. The van der Waals surface area contributed by atoms with Crippen LogP contribution in [0.4, 0.5) is 5.69 Å². The van der Waals surface area contributed by atoms with E-state index in [-0.39, 0.29) is 0 Å². The Labute approximate surface area is 111 Å². The number of hydrogen-bond acceptors (Lipinski definition) is 3. The van der Waals surface area contributed by atoms with Gasteiger partial charge in [-0.1, -0.05) is 12.1 Å². The Morgan fingerprint density at radius 1 is 1.21 bits per heavy atom. The number of fused-ring (bicyclic) bond motifs is 1. The van der Waals surface area contributed by atoms with Gasteiger partial charge in [-0.3, -0.25) is 0 Å². The zero-order valence-electron chi connectivity index (χ0n) is 10.7. The monoisotopic (exact) mass is 253 g/mol. The minimum Gasteiger partial charge on any atom is -0.494 e. The summed E-state index contributed by atoms with van der Waals surface area (Å²) in [5.41, 5.74) is 9.38. The summed E-state index contributed by atoms with van der Waals surface area (Å²) in [5, 5.41) is 0. The maximum Gasteiger partial charge on any atom is 0.138 e. The van der Waals surface area contributed by atoms with E-state index in [0.29, 0.717) is 6.61 Å². The van der Waals surface area contributed by atoms with Gasteiger partial charge in [0.05, 0.1) is 17.6 Å². The van der Waals surface area contributed by atoms with Gasteiger partial charge >= 0.3 is 0 Å². The van der Waals surface area contributed by atoms with Gasteiger partial charge in [0.1, 0.15) is 11.6 Å². The van der Waals surface area contributed by atoms with Crippen molar-refractivity contribution in [3.8, 4) is 17.1 Å². The molecule has 0 amide bonds. The Bertz CT molecular complexity index is 718. The second kappa shape index (κ2) is 4.65. The van der Waals surface area contributed by atoms with E-state index in [2.05, 4.69) is 9.97 Å². The van der Waals surface area contributed by atoms with Crippen LogP contribution in [0.1, 0.15) is 6.92 Å². The maximum atomic E-state index is 5.79. The van der Waals surface area contributed by atoms with Crippen molar-refractivity contribution >= 4 is 16.7 Å². The zero-order chi connectivity index (χ0) is 13.2. The van der Waals surface area contributed by atoms with Crippen LogP contribution in [0.5, 0.6) is 5.75 Å². The number of rotatable bonds is 3. The predicted octanol–water partition coefficient (Wildman–Crippen LogP) is 3.21. The second-order valence-corrected chi connectivity index (χ2v) is 4.32. The number of aromatic amines is 1. The average molecular weight is 253 g/mol. The molecule has 0 aliphatic rings. The van der Waals surface area contributed by atoms with Crippen LogP contribution in [0.25, 0.3) is 22.4 Å². The number of nitrogen functional groups attached to an aromatic ring is 1. The van der Waals surface area contributed by atoms with E-state index in [0.717, 1.165) is 33.9 Å². The third kappa shape index (κ3) is 2.25. The minimum absolute atomic E-state index is 0.654. The van der Waals surface area contributed by atoms with Crippen molar-refractivity contribution in [3.63, 3.8) is 0 Å². The quantitative estimate of drug-likeness (QED) is 0.704. The molecule has 4 heteroatoms. The van der Waals surface area contributed by atoms with Gasteiger partial charge in [0.15, 0.2) is 0 Å². The van der Waals surface area contributed by atoms with E-state index < -0.39 is 0 Å². The summed E-state index contributed by atoms with van der Waals surface area (Å²) in [5.74, 6) is 1.66. The van der Waals surface area contributed by atoms with Crippen molar-refractivity contribution in [1.29, 1.82) is 0 Å². The van der Waals surface area contributed by atoms with Crippen LogP contribution in [0.15, 0.2) is 42.5 Å². The molecule has 3 rings (SSSR count). The molecule has 0 atom stereocenters. The highest BCUT2D eigenvalue weighted by Gasteiger charge is 2.06. The summed E-state index contributed by atoms with van der Waals surface area (Å²) in [6, 6.07) is 13.5. The van der Waals surface area contributed by atoms with Crippen molar-refractivity contribution in [2.45, 2.75) is 6.92 Å². The van der Waals surface area contributed by atoms with E-state index >= 15 is 0 Å². The van der Waals surface area contributed by atoms with Gasteiger partial charge in [0.25, 0.3) is 0 Å². The normalized spacial score (nSPS) is 10.8. The van der Waals surface area contributed by atoms with Crippen molar-refractivity contribution in [1.82, 2.24) is 9.97 Å². The molecule has 2 aromatic carbocycles. The van der Waals surface area contributed by atoms with Crippen LogP contribution >= 0.6 is 0 Å². The highest BCUT2D eigenvalue weighted by molar-refractivity contribution is 5.81. The topological polar surface area (TPSA) is 63.9 Å². The van der Waals surface area contributed by atoms with Crippen molar-refractivity contribution in [2.24, 2.45) is 0 Å². The van der Waals surface area contributed by atoms with Crippen molar-refractivity contribution in [3.05, 3.63) is 42.5 Å². The molecule has 0 radical (unpaired) electrons. The molecule has 0 spiro atoms. The fourth-order valence-corrected chi connectivity index (χ4v) is 2.07. The molecule has 0 aliphatic heterocycles. The molecule has 96 valence electrons. The third-order valence-electron chi connectivity index (χ3n) is 2.92. The number of hydrogen-bond donors (Lipinski definition) is 2. The van der Waals surface area contributed by atoms with E-state index in [1.165, 1.54) is 0 Å². The summed E-state index contributed by atoms with van der Waals surface area (Å²) in [6.45, 7) is 2.62. The molecule has 19 heavy (non-hydrogen) atoms. The highest BCUT2D eigenvalue weighted by Crippen LogP contribution is 2.24. The van der Waals surface area contributed by atoms with E-state index in [1.807, 2.05) is 49.4 Å². The summed E-state index contributed by atoms with van der Waals surface area (Å²) < 4.78 is 5.48. The standard InChI is InChI=1S/C15H15N3O/c1-2-19-12-6-7-13-14(9-12)18-15(17-13)10-4-3-5-11(16)8-10/h3-9H,2,16H2,1H3,(H,17,18). The number of ether oxygens (including phenoxy) is 1. The number of imidazole rings is 1. The number of nitrogens with zero attached hydrogens (tertiary/aromatic N) is 1. The van der Waals surface area contributed by atoms with Gasteiger partial charge in [-0.2, -0.15) is 0 Å². The Morgan fingerprint density at radius 3 is 2.89 bits per heavy atom. The highest BCUT2D eigenvalue weighted by atomic mass is 16.5. The second-order valence-electron chi connectivity index (χ2n) is 4.32. The fourth-order valence-electron chi connectivity index (χ4n) is 2.07. The van der Waals surface area contributed by atoms with Crippen LogP contribution < -0.4 is 10.5 Å². The van der Waals surface area contributed by atoms with Gasteiger partial charge < -0.3 is 15.5 Å². The van der Waals surface area contributed by atoms with Crippen LogP contribution in [-0.4, -0.2) is 16.6 Å². The largest absolute Gasteiger partial charge is 0.494 e. The van der Waals surface area contributed by atoms with E-state index in [4.69, 9.17) is 10.5 Å². The van der Waals surface area contributed by atoms with Crippen molar-refractivity contribution in [2.75, 3.05) is 12.3 Å². The molecular weight excluding hydrogens is 238 g/mol. The predicted molar refractivity (Wildman–Crippen MR) is 77.1 cm³/mol. The maximum absolute atomic E-state index is 5.79. The minimum atomic E-state index is 0.654. The first-order chi connectivity index (χ1) is 9.26. The zero-order valence-corrected chi connectivity index (χ0v) is 10.7. The molecule has 0 saturated heterocycles. The number of aromatic nitrogens is 2. The number of nitrogens with two attached hydrogens (primary N) is 1. The summed E-state index contributed by atoms with van der Waals surface area (Å²) >= 11 is 0. The van der Waals surface area contributed by atoms with E-state index in [1.54, 1.807) is 0 Å². The molecule has 1 aromatic heterocycles. The molecule has 1 heterocycles. The lowest BCUT2D eigenvalue weighted by Crippen LogP contribution is -1.90. The first-order valence-electron chi connectivity index (χ1n) is 6.25. The number of anilines is 1. The molecule has 0 fully saturated rings. The molecule has 0 bridgehead atoms. The third-order valence-corrected chi connectivity index (χ3v) is 2.92. The molecule has 3 aromatic rings. The molecule has 0 unspecified atom stereocenters. The molecule has 0 aliphatic carbocycles.